The summed E-state index contributed by atoms with van der Waals surface area (Å²) in [7, 11) is -1.81. The molecule has 158 valence electrons. The Balaban J connectivity index is 1.56. The fourth-order valence-electron chi connectivity index (χ4n) is 3.20. The van der Waals surface area contributed by atoms with Gasteiger partial charge in [0.1, 0.15) is 11.0 Å². The first-order chi connectivity index (χ1) is 13.7. The highest BCUT2D eigenvalue weighted by Crippen LogP contribution is 2.24. The SMILES string of the molecule is CCS(=O)(=O)N(C)c1ccc(OC2CCN(C(=O)c3sc(C)nc3C)CC2)nc1. The van der Waals surface area contributed by atoms with Crippen molar-refractivity contribution in [1.29, 1.82) is 0 Å². The van der Waals surface area contributed by atoms with E-state index in [1.807, 2.05) is 18.7 Å². The lowest BCUT2D eigenvalue weighted by atomic mass is 10.1. The van der Waals surface area contributed by atoms with Crippen LogP contribution in [-0.2, 0) is 10.0 Å². The number of sulfonamides is 1. The average Bonchev–Trinajstić information content (AvgIpc) is 3.06. The Morgan fingerprint density at radius 1 is 1.31 bits per heavy atom. The van der Waals surface area contributed by atoms with Gasteiger partial charge in [-0.2, -0.15) is 0 Å². The molecule has 0 bridgehead atoms. The van der Waals surface area contributed by atoms with Crippen molar-refractivity contribution >= 4 is 33.0 Å². The van der Waals surface area contributed by atoms with Crippen LogP contribution >= 0.6 is 11.3 Å². The van der Waals surface area contributed by atoms with Crippen LogP contribution in [0.5, 0.6) is 5.88 Å². The van der Waals surface area contributed by atoms with Crippen LogP contribution in [0.25, 0.3) is 0 Å². The van der Waals surface area contributed by atoms with Gasteiger partial charge in [-0.1, -0.05) is 0 Å². The number of ether oxygens (including phenoxy) is 1. The number of aryl methyl sites for hydroxylation is 2. The third-order valence-electron chi connectivity index (χ3n) is 4.98. The number of hydrogen-bond donors (Lipinski definition) is 0. The van der Waals surface area contributed by atoms with Crippen LogP contribution in [0.4, 0.5) is 5.69 Å². The Morgan fingerprint density at radius 3 is 2.52 bits per heavy atom. The summed E-state index contributed by atoms with van der Waals surface area (Å²) in [6, 6.07) is 3.36. The van der Waals surface area contributed by atoms with Gasteiger partial charge in [0.25, 0.3) is 5.91 Å². The molecule has 3 heterocycles. The largest absolute Gasteiger partial charge is 0.474 e. The molecular formula is C19H26N4O4S2. The topological polar surface area (TPSA) is 92.7 Å². The number of rotatable bonds is 6. The molecule has 0 N–H and O–H groups in total. The maximum atomic E-state index is 12.7. The van der Waals surface area contributed by atoms with Crippen LogP contribution in [-0.4, -0.2) is 61.2 Å². The third-order valence-corrected chi connectivity index (χ3v) is 7.82. The lowest BCUT2D eigenvalue weighted by Crippen LogP contribution is -2.41. The van der Waals surface area contributed by atoms with E-state index in [4.69, 9.17) is 4.74 Å². The number of likely N-dealkylation sites (tertiary alicyclic amines) is 1. The lowest BCUT2D eigenvalue weighted by molar-refractivity contribution is 0.0591. The molecule has 1 fully saturated rings. The molecule has 8 nitrogen and oxygen atoms in total. The van der Waals surface area contributed by atoms with Gasteiger partial charge in [-0.3, -0.25) is 9.10 Å². The molecule has 0 atom stereocenters. The second kappa shape index (κ2) is 8.66. The summed E-state index contributed by atoms with van der Waals surface area (Å²) >= 11 is 1.44. The fraction of sp³-hybridized carbons (Fsp3) is 0.526. The van der Waals surface area contributed by atoms with E-state index in [0.29, 0.717) is 29.5 Å². The number of carbonyl (C=O) groups is 1. The summed E-state index contributed by atoms with van der Waals surface area (Å²) in [6.07, 6.45) is 2.90. The molecule has 2 aromatic rings. The summed E-state index contributed by atoms with van der Waals surface area (Å²) in [5, 5.41) is 0.899. The minimum atomic E-state index is -3.32. The zero-order chi connectivity index (χ0) is 21.2. The van der Waals surface area contributed by atoms with Crippen molar-refractivity contribution in [2.24, 2.45) is 0 Å². The number of amides is 1. The first-order valence-corrected chi connectivity index (χ1v) is 12.0. The smallest absolute Gasteiger partial charge is 0.265 e. The molecule has 1 aliphatic heterocycles. The normalized spacial score (nSPS) is 15.4. The van der Waals surface area contributed by atoms with Crippen LogP contribution in [0.3, 0.4) is 0 Å². The maximum Gasteiger partial charge on any atom is 0.265 e. The lowest BCUT2D eigenvalue weighted by Gasteiger charge is -2.31. The molecule has 0 radical (unpaired) electrons. The third kappa shape index (κ3) is 4.87. The number of carbonyl (C=O) groups excluding carboxylic acids is 1. The Morgan fingerprint density at radius 2 is 2.00 bits per heavy atom. The van der Waals surface area contributed by atoms with Crippen LogP contribution in [0.2, 0.25) is 0 Å². The minimum Gasteiger partial charge on any atom is -0.474 e. The summed E-state index contributed by atoms with van der Waals surface area (Å²) in [6.45, 7) is 6.61. The van der Waals surface area contributed by atoms with Crippen molar-refractivity contribution in [3.63, 3.8) is 0 Å². The minimum absolute atomic E-state index is 0.0275. The van der Waals surface area contributed by atoms with Gasteiger partial charge in [-0.05, 0) is 26.8 Å². The molecule has 3 rings (SSSR count). The Hall–Kier alpha value is -2.20. The van der Waals surface area contributed by atoms with Crippen LogP contribution < -0.4 is 9.04 Å². The highest BCUT2D eigenvalue weighted by Gasteiger charge is 2.27. The molecule has 10 heteroatoms. The molecule has 0 aliphatic carbocycles. The van der Waals surface area contributed by atoms with Crippen LogP contribution in [0, 0.1) is 13.8 Å². The second-order valence-electron chi connectivity index (χ2n) is 6.98. The molecule has 0 spiro atoms. The number of piperidine rings is 1. The number of hydrogen-bond acceptors (Lipinski definition) is 7. The van der Waals surface area contributed by atoms with E-state index in [0.717, 1.165) is 23.5 Å². The van der Waals surface area contributed by atoms with Gasteiger partial charge >= 0.3 is 0 Å². The van der Waals surface area contributed by atoms with E-state index < -0.39 is 10.0 Å². The van der Waals surface area contributed by atoms with Gasteiger partial charge in [-0.25, -0.2) is 18.4 Å². The zero-order valence-corrected chi connectivity index (χ0v) is 18.7. The molecule has 0 aromatic carbocycles. The quantitative estimate of drug-likeness (QED) is 0.688. The maximum absolute atomic E-state index is 12.7. The van der Waals surface area contributed by atoms with E-state index in [2.05, 4.69) is 9.97 Å². The standard InChI is InChI=1S/C19H26N4O4S2/c1-5-29(25,26)22(4)15-6-7-17(20-12-15)27-16-8-10-23(11-9-16)19(24)18-13(2)21-14(3)28-18/h6-7,12,16H,5,8-11H2,1-4H3. The molecular weight excluding hydrogens is 412 g/mol. The van der Waals surface area contributed by atoms with E-state index in [1.54, 1.807) is 19.1 Å². The van der Waals surface area contributed by atoms with Crippen molar-refractivity contribution in [1.82, 2.24) is 14.9 Å². The van der Waals surface area contributed by atoms with E-state index in [1.165, 1.54) is 28.9 Å². The Kier molecular flexibility index (Phi) is 6.42. The predicted molar refractivity (Wildman–Crippen MR) is 113 cm³/mol. The number of pyridine rings is 1. The predicted octanol–water partition coefficient (Wildman–Crippen LogP) is 2.62. The van der Waals surface area contributed by atoms with Crippen molar-refractivity contribution in [3.05, 3.63) is 33.9 Å². The van der Waals surface area contributed by atoms with E-state index in [9.17, 15) is 13.2 Å². The van der Waals surface area contributed by atoms with Gasteiger partial charge in [0, 0.05) is 39.0 Å². The first-order valence-electron chi connectivity index (χ1n) is 9.54. The van der Waals surface area contributed by atoms with Crippen LogP contribution in [0.1, 0.15) is 40.1 Å². The van der Waals surface area contributed by atoms with Gasteiger partial charge in [0.2, 0.25) is 15.9 Å². The monoisotopic (exact) mass is 438 g/mol. The molecule has 2 aromatic heterocycles. The van der Waals surface area contributed by atoms with Gasteiger partial charge in [-0.15, -0.1) is 11.3 Å². The summed E-state index contributed by atoms with van der Waals surface area (Å²) in [5.74, 6) is 0.517. The van der Waals surface area contributed by atoms with Gasteiger partial charge in [0.05, 0.1) is 28.3 Å². The summed E-state index contributed by atoms with van der Waals surface area (Å²) in [5.41, 5.74) is 1.28. The molecule has 1 saturated heterocycles. The number of aromatic nitrogens is 2. The average molecular weight is 439 g/mol. The van der Waals surface area contributed by atoms with Crippen molar-refractivity contribution in [3.8, 4) is 5.88 Å². The fourth-order valence-corrected chi connectivity index (χ4v) is 4.91. The van der Waals surface area contributed by atoms with Gasteiger partial charge < -0.3 is 9.64 Å². The van der Waals surface area contributed by atoms with Crippen molar-refractivity contribution in [2.75, 3.05) is 30.2 Å². The molecule has 29 heavy (non-hydrogen) atoms. The van der Waals surface area contributed by atoms with Crippen molar-refractivity contribution in [2.45, 2.75) is 39.7 Å². The number of anilines is 1. The highest BCUT2D eigenvalue weighted by molar-refractivity contribution is 7.92. The zero-order valence-electron chi connectivity index (χ0n) is 17.1. The Labute approximate surface area is 175 Å². The molecule has 0 unspecified atom stereocenters. The van der Waals surface area contributed by atoms with Crippen LogP contribution in [0.15, 0.2) is 18.3 Å². The molecule has 0 saturated carbocycles. The van der Waals surface area contributed by atoms with Gasteiger partial charge in [0.15, 0.2) is 0 Å². The highest BCUT2D eigenvalue weighted by atomic mass is 32.2. The first kappa shape index (κ1) is 21.5. The second-order valence-corrected chi connectivity index (χ2v) is 10.5. The van der Waals surface area contributed by atoms with E-state index in [-0.39, 0.29) is 17.8 Å². The van der Waals surface area contributed by atoms with Crippen molar-refractivity contribution < 1.29 is 17.9 Å². The number of thiazole rings is 1. The molecule has 1 aliphatic rings. The number of nitrogens with zero attached hydrogens (tertiary/aromatic N) is 4. The van der Waals surface area contributed by atoms with E-state index >= 15 is 0 Å². The summed E-state index contributed by atoms with van der Waals surface area (Å²) in [4.78, 5) is 23.8. The summed E-state index contributed by atoms with van der Waals surface area (Å²) < 4.78 is 31.0. The Bertz CT molecular complexity index is 965. The molecule has 1 amide bonds.